The van der Waals surface area contributed by atoms with Crippen molar-refractivity contribution >= 4 is 16.7 Å². The van der Waals surface area contributed by atoms with Gasteiger partial charge in [0.1, 0.15) is 11.6 Å². The van der Waals surface area contributed by atoms with E-state index in [1.54, 1.807) is 0 Å². The van der Waals surface area contributed by atoms with E-state index in [2.05, 4.69) is 27.2 Å². The first-order valence-corrected chi connectivity index (χ1v) is 7.63. The molecule has 0 spiro atoms. The average molecular weight is 285 g/mol. The summed E-state index contributed by atoms with van der Waals surface area (Å²) in [7, 11) is 2.13. The van der Waals surface area contributed by atoms with Crippen LogP contribution in [0.25, 0.3) is 10.9 Å². The number of piperidine rings is 1. The molecule has 21 heavy (non-hydrogen) atoms. The van der Waals surface area contributed by atoms with Crippen LogP contribution in [-0.2, 0) is 6.54 Å². The zero-order chi connectivity index (χ0) is 14.7. The van der Waals surface area contributed by atoms with Gasteiger partial charge in [0.2, 0.25) is 0 Å². The number of hydrogen-bond acceptors (Lipinski definition) is 5. The standard InChI is InChI=1S/C16H23N5/c1-21(10-12-5-4-8-18-9-12)11-15-19-14-7-3-2-6-13(14)16(17)20-15/h2-3,6-7,12,18H,4-5,8-11H2,1H3,(H2,17,19,20). The third-order valence-corrected chi connectivity index (χ3v) is 4.06. The van der Waals surface area contributed by atoms with Gasteiger partial charge < -0.3 is 11.1 Å². The van der Waals surface area contributed by atoms with Gasteiger partial charge >= 0.3 is 0 Å². The predicted molar refractivity (Wildman–Crippen MR) is 85.9 cm³/mol. The first-order valence-electron chi connectivity index (χ1n) is 7.63. The van der Waals surface area contributed by atoms with Crippen LogP contribution >= 0.6 is 0 Å². The smallest absolute Gasteiger partial charge is 0.145 e. The first kappa shape index (κ1) is 14.2. The molecule has 0 amide bonds. The van der Waals surface area contributed by atoms with Crippen LogP contribution in [-0.4, -0.2) is 41.5 Å². The van der Waals surface area contributed by atoms with E-state index in [0.29, 0.717) is 5.82 Å². The van der Waals surface area contributed by atoms with Crippen molar-refractivity contribution in [2.45, 2.75) is 19.4 Å². The highest BCUT2D eigenvalue weighted by atomic mass is 15.1. The molecule has 5 nitrogen and oxygen atoms in total. The van der Waals surface area contributed by atoms with Crippen LogP contribution < -0.4 is 11.1 Å². The Morgan fingerprint density at radius 3 is 3.00 bits per heavy atom. The van der Waals surface area contributed by atoms with E-state index in [9.17, 15) is 0 Å². The zero-order valence-electron chi connectivity index (χ0n) is 12.5. The fourth-order valence-corrected chi connectivity index (χ4v) is 3.05. The van der Waals surface area contributed by atoms with Gasteiger partial charge in [-0.25, -0.2) is 9.97 Å². The molecule has 1 aromatic carbocycles. The molecule has 1 aliphatic heterocycles. The van der Waals surface area contributed by atoms with Gasteiger partial charge in [-0.05, 0) is 51.0 Å². The molecule has 0 aliphatic carbocycles. The number of nitrogens with two attached hydrogens (primary N) is 1. The number of para-hydroxylation sites is 1. The highest BCUT2D eigenvalue weighted by Crippen LogP contribution is 2.18. The molecule has 2 aromatic rings. The summed E-state index contributed by atoms with van der Waals surface area (Å²) in [5.74, 6) is 2.10. The van der Waals surface area contributed by atoms with E-state index < -0.39 is 0 Å². The maximum Gasteiger partial charge on any atom is 0.145 e. The van der Waals surface area contributed by atoms with Crippen molar-refractivity contribution in [3.8, 4) is 0 Å². The largest absolute Gasteiger partial charge is 0.383 e. The molecule has 5 heteroatoms. The molecule has 1 fully saturated rings. The summed E-state index contributed by atoms with van der Waals surface area (Å²) in [5.41, 5.74) is 6.96. The van der Waals surface area contributed by atoms with E-state index in [-0.39, 0.29) is 0 Å². The minimum Gasteiger partial charge on any atom is -0.383 e. The molecule has 0 saturated carbocycles. The van der Waals surface area contributed by atoms with Crippen LogP contribution in [0.1, 0.15) is 18.7 Å². The van der Waals surface area contributed by atoms with Crippen LogP contribution in [0.4, 0.5) is 5.82 Å². The molecule has 3 N–H and O–H groups in total. The molecule has 1 atom stereocenters. The van der Waals surface area contributed by atoms with Crippen LogP contribution in [0.2, 0.25) is 0 Å². The first-order chi connectivity index (χ1) is 10.2. The summed E-state index contributed by atoms with van der Waals surface area (Å²) in [4.78, 5) is 11.4. The second-order valence-electron chi connectivity index (χ2n) is 5.95. The molecule has 0 bridgehead atoms. The Balaban J connectivity index is 1.69. The van der Waals surface area contributed by atoms with E-state index in [1.807, 2.05) is 24.3 Å². The lowest BCUT2D eigenvalue weighted by atomic mass is 9.99. The third-order valence-electron chi connectivity index (χ3n) is 4.06. The number of aromatic nitrogens is 2. The van der Waals surface area contributed by atoms with E-state index >= 15 is 0 Å². The summed E-state index contributed by atoms with van der Waals surface area (Å²) < 4.78 is 0. The highest BCUT2D eigenvalue weighted by molar-refractivity contribution is 5.87. The molecular formula is C16H23N5. The molecule has 112 valence electrons. The molecule has 1 aromatic heterocycles. The molecule has 2 heterocycles. The van der Waals surface area contributed by atoms with Gasteiger partial charge in [0, 0.05) is 11.9 Å². The van der Waals surface area contributed by atoms with Crippen molar-refractivity contribution in [1.82, 2.24) is 20.2 Å². The van der Waals surface area contributed by atoms with Gasteiger partial charge in [-0.3, -0.25) is 4.90 Å². The predicted octanol–water partition coefficient (Wildman–Crippen LogP) is 1.64. The number of anilines is 1. The number of hydrogen-bond donors (Lipinski definition) is 2. The summed E-state index contributed by atoms with van der Waals surface area (Å²) in [5, 5.41) is 4.39. The Morgan fingerprint density at radius 2 is 2.19 bits per heavy atom. The fourth-order valence-electron chi connectivity index (χ4n) is 3.05. The van der Waals surface area contributed by atoms with E-state index in [1.165, 1.54) is 12.8 Å². The topological polar surface area (TPSA) is 67.1 Å². The minimum atomic E-state index is 0.573. The van der Waals surface area contributed by atoms with Crippen LogP contribution in [0.15, 0.2) is 24.3 Å². The Kier molecular flexibility index (Phi) is 4.31. The van der Waals surface area contributed by atoms with E-state index in [0.717, 1.165) is 48.8 Å². The van der Waals surface area contributed by atoms with Gasteiger partial charge in [-0.2, -0.15) is 0 Å². The number of nitrogens with one attached hydrogen (secondary N) is 1. The molecule has 3 rings (SSSR count). The Bertz CT molecular complexity index is 607. The number of fused-ring (bicyclic) bond motifs is 1. The summed E-state index contributed by atoms with van der Waals surface area (Å²) >= 11 is 0. The minimum absolute atomic E-state index is 0.573. The van der Waals surface area contributed by atoms with Gasteiger partial charge in [0.05, 0.1) is 12.1 Å². The Morgan fingerprint density at radius 1 is 1.33 bits per heavy atom. The van der Waals surface area contributed by atoms with Crippen LogP contribution in [0, 0.1) is 5.92 Å². The highest BCUT2D eigenvalue weighted by Gasteiger charge is 2.16. The second-order valence-corrected chi connectivity index (χ2v) is 5.95. The molecular weight excluding hydrogens is 262 g/mol. The van der Waals surface area contributed by atoms with Crippen LogP contribution in [0.5, 0.6) is 0 Å². The van der Waals surface area contributed by atoms with Crippen molar-refractivity contribution in [2.24, 2.45) is 5.92 Å². The average Bonchev–Trinajstić information content (AvgIpc) is 2.48. The second kappa shape index (κ2) is 6.37. The van der Waals surface area contributed by atoms with Crippen molar-refractivity contribution < 1.29 is 0 Å². The lowest BCUT2D eigenvalue weighted by Gasteiger charge is -2.27. The Hall–Kier alpha value is -1.72. The van der Waals surface area contributed by atoms with Gasteiger partial charge in [-0.1, -0.05) is 12.1 Å². The van der Waals surface area contributed by atoms with Gasteiger partial charge in [0.15, 0.2) is 0 Å². The van der Waals surface area contributed by atoms with Crippen molar-refractivity contribution in [2.75, 3.05) is 32.4 Å². The summed E-state index contributed by atoms with van der Waals surface area (Å²) in [6.45, 7) is 4.09. The number of nitrogen functional groups attached to an aromatic ring is 1. The summed E-state index contributed by atoms with van der Waals surface area (Å²) in [6.07, 6.45) is 2.58. The maximum atomic E-state index is 6.04. The fraction of sp³-hybridized carbons (Fsp3) is 0.500. The molecule has 1 aliphatic rings. The van der Waals surface area contributed by atoms with Crippen molar-refractivity contribution in [3.05, 3.63) is 30.1 Å². The molecule has 1 unspecified atom stereocenters. The van der Waals surface area contributed by atoms with Gasteiger partial charge in [0.25, 0.3) is 0 Å². The number of benzene rings is 1. The normalized spacial score (nSPS) is 19.2. The zero-order valence-corrected chi connectivity index (χ0v) is 12.5. The lowest BCUT2D eigenvalue weighted by Crippen LogP contribution is -2.36. The molecule has 1 saturated heterocycles. The summed E-state index contributed by atoms with van der Waals surface area (Å²) in [6, 6.07) is 7.90. The number of rotatable bonds is 4. The third kappa shape index (κ3) is 3.49. The van der Waals surface area contributed by atoms with E-state index in [4.69, 9.17) is 5.73 Å². The monoisotopic (exact) mass is 285 g/mol. The number of nitrogens with zero attached hydrogens (tertiary/aromatic N) is 3. The van der Waals surface area contributed by atoms with Crippen molar-refractivity contribution in [3.63, 3.8) is 0 Å². The maximum absolute atomic E-state index is 6.04. The van der Waals surface area contributed by atoms with Gasteiger partial charge in [-0.15, -0.1) is 0 Å². The van der Waals surface area contributed by atoms with Crippen LogP contribution in [0.3, 0.4) is 0 Å². The van der Waals surface area contributed by atoms with Crippen molar-refractivity contribution in [1.29, 1.82) is 0 Å². The Labute approximate surface area is 125 Å². The lowest BCUT2D eigenvalue weighted by molar-refractivity contribution is 0.234. The quantitative estimate of drug-likeness (QED) is 0.894. The SMILES string of the molecule is CN(Cc1nc(N)c2ccccc2n1)CC1CCCNC1. The molecule has 0 radical (unpaired) electrons.